The number of hydrogen-bond donors (Lipinski definition) is 1. The summed E-state index contributed by atoms with van der Waals surface area (Å²) in [5, 5.41) is 10.5. The monoisotopic (exact) mass is 517 g/mol. The molecule has 34 heavy (non-hydrogen) atoms. The molecule has 0 spiro atoms. The summed E-state index contributed by atoms with van der Waals surface area (Å²) >= 11 is 3.51. The first kappa shape index (κ1) is 23.1. The maximum atomic E-state index is 12.9. The van der Waals surface area contributed by atoms with Crippen molar-refractivity contribution in [3.8, 4) is 17.6 Å². The van der Waals surface area contributed by atoms with Gasteiger partial charge in [-0.05, 0) is 64.8 Å². The number of carbonyl (C=O) groups excluding carboxylic acids is 2. The number of hydrazine groups is 1. The lowest BCUT2D eigenvalue weighted by molar-refractivity contribution is -0.117. The lowest BCUT2D eigenvalue weighted by atomic mass is 10.1. The minimum atomic E-state index is -0.489. The van der Waals surface area contributed by atoms with Gasteiger partial charge < -0.3 is 9.47 Å². The Bertz CT molecular complexity index is 1320. The molecular formula is C26H20BrN3O4. The maximum absolute atomic E-state index is 12.9. The predicted molar refractivity (Wildman–Crippen MR) is 131 cm³/mol. The molecule has 1 N–H and O–H groups in total. The van der Waals surface area contributed by atoms with Crippen molar-refractivity contribution in [2.24, 2.45) is 0 Å². The smallest absolute Gasteiger partial charge is 0.282 e. The van der Waals surface area contributed by atoms with Crippen molar-refractivity contribution in [1.82, 2.24) is 5.43 Å². The summed E-state index contributed by atoms with van der Waals surface area (Å²) in [6, 6.07) is 21.7. The molecule has 0 radical (unpaired) electrons. The van der Waals surface area contributed by atoms with Crippen LogP contribution in [0.25, 0.3) is 6.08 Å². The molecule has 1 heterocycles. The molecule has 0 atom stereocenters. The number of hydrogen-bond acceptors (Lipinski definition) is 5. The molecule has 3 aromatic carbocycles. The van der Waals surface area contributed by atoms with Crippen molar-refractivity contribution < 1.29 is 19.1 Å². The Labute approximate surface area is 205 Å². The summed E-state index contributed by atoms with van der Waals surface area (Å²) in [7, 11) is 0. The van der Waals surface area contributed by atoms with Crippen molar-refractivity contribution in [1.29, 1.82) is 5.26 Å². The Morgan fingerprint density at radius 2 is 1.79 bits per heavy atom. The number of ether oxygens (including phenoxy) is 2. The average molecular weight is 518 g/mol. The third-order valence-corrected chi connectivity index (χ3v) is 5.65. The zero-order chi connectivity index (χ0) is 24.1. The van der Waals surface area contributed by atoms with E-state index in [1.165, 1.54) is 11.1 Å². The normalized spacial score (nSPS) is 14.1. The number of nitrogens with one attached hydrogen (secondary N) is 1. The zero-order valence-electron chi connectivity index (χ0n) is 18.2. The molecule has 0 unspecified atom stereocenters. The number of nitrogens with zero attached hydrogens (tertiary/aromatic N) is 2. The van der Waals surface area contributed by atoms with Crippen molar-refractivity contribution in [2.75, 3.05) is 11.6 Å². The predicted octanol–water partition coefficient (Wildman–Crippen LogP) is 4.76. The maximum Gasteiger partial charge on any atom is 0.282 e. The van der Waals surface area contributed by atoms with Crippen LogP contribution in [0.15, 0.2) is 76.8 Å². The van der Waals surface area contributed by atoms with Crippen molar-refractivity contribution in [3.05, 3.63) is 93.5 Å². The van der Waals surface area contributed by atoms with Crippen molar-refractivity contribution in [2.45, 2.75) is 13.5 Å². The fourth-order valence-electron chi connectivity index (χ4n) is 3.46. The van der Waals surface area contributed by atoms with Crippen molar-refractivity contribution >= 4 is 39.5 Å². The van der Waals surface area contributed by atoms with Gasteiger partial charge in [-0.1, -0.05) is 36.4 Å². The number of amides is 2. The topological polar surface area (TPSA) is 91.7 Å². The standard InChI is InChI=1S/C26H20BrN3O4/c1-2-33-23-14-17(12-21-25(31)29-30(26(21)32)20-10-4-3-5-11-20)13-22(27)24(23)34-16-19-9-7-6-8-18(19)15-28/h3-14H,2,16H2,1H3,(H,29,31)/b21-12-. The van der Waals surface area contributed by atoms with Crippen LogP contribution < -0.4 is 19.9 Å². The molecule has 0 saturated carbocycles. The first-order valence-corrected chi connectivity index (χ1v) is 11.3. The lowest BCUT2D eigenvalue weighted by Crippen LogP contribution is -2.35. The van der Waals surface area contributed by atoms with Crippen LogP contribution in [-0.4, -0.2) is 18.4 Å². The molecule has 7 nitrogen and oxygen atoms in total. The van der Waals surface area contributed by atoms with Crippen LogP contribution >= 0.6 is 15.9 Å². The molecule has 1 saturated heterocycles. The molecule has 1 aliphatic heterocycles. The van der Waals surface area contributed by atoms with Crippen LogP contribution in [0.2, 0.25) is 0 Å². The Balaban J connectivity index is 1.62. The van der Waals surface area contributed by atoms with Gasteiger partial charge in [0.15, 0.2) is 11.5 Å². The molecule has 170 valence electrons. The number of nitriles is 1. The van der Waals surface area contributed by atoms with Gasteiger partial charge in [-0.3, -0.25) is 15.0 Å². The van der Waals surface area contributed by atoms with Crippen molar-refractivity contribution in [3.63, 3.8) is 0 Å². The van der Waals surface area contributed by atoms with Crippen LogP contribution in [-0.2, 0) is 16.2 Å². The summed E-state index contributed by atoms with van der Waals surface area (Å²) < 4.78 is 12.3. The molecule has 2 amide bonds. The van der Waals surface area contributed by atoms with Gasteiger partial charge >= 0.3 is 0 Å². The van der Waals surface area contributed by atoms with E-state index in [1.807, 2.05) is 25.1 Å². The molecule has 8 heteroatoms. The Kier molecular flexibility index (Phi) is 6.95. The van der Waals surface area contributed by atoms with E-state index in [4.69, 9.17) is 9.47 Å². The van der Waals surface area contributed by atoms with Crippen LogP contribution in [0.3, 0.4) is 0 Å². The fraction of sp³-hybridized carbons (Fsp3) is 0.115. The van der Waals surface area contributed by atoms with E-state index in [2.05, 4.69) is 27.4 Å². The molecule has 4 rings (SSSR count). The Morgan fingerprint density at radius 3 is 2.53 bits per heavy atom. The average Bonchev–Trinajstić information content (AvgIpc) is 3.13. The lowest BCUT2D eigenvalue weighted by Gasteiger charge is -2.15. The van der Waals surface area contributed by atoms with Crippen LogP contribution in [0.5, 0.6) is 11.5 Å². The Morgan fingerprint density at radius 1 is 1.06 bits per heavy atom. The van der Waals surface area contributed by atoms with Gasteiger partial charge in [0, 0.05) is 5.56 Å². The fourth-order valence-corrected chi connectivity index (χ4v) is 4.04. The number of halogens is 1. The van der Waals surface area contributed by atoms with E-state index in [-0.39, 0.29) is 12.2 Å². The SMILES string of the molecule is CCOc1cc(/C=C2/C(=O)NN(c3ccccc3)C2=O)cc(Br)c1OCc1ccccc1C#N. The van der Waals surface area contributed by atoms with Crippen LogP contribution in [0.4, 0.5) is 5.69 Å². The molecule has 0 aromatic heterocycles. The van der Waals surface area contributed by atoms with Gasteiger partial charge in [0.1, 0.15) is 12.2 Å². The van der Waals surface area contributed by atoms with E-state index < -0.39 is 11.8 Å². The van der Waals surface area contributed by atoms with Crippen LogP contribution in [0, 0.1) is 11.3 Å². The van der Waals surface area contributed by atoms with E-state index >= 15 is 0 Å². The molecule has 3 aromatic rings. The quantitative estimate of drug-likeness (QED) is 0.360. The molecule has 0 bridgehead atoms. The number of carbonyl (C=O) groups is 2. The molecule has 1 fully saturated rings. The number of anilines is 1. The zero-order valence-corrected chi connectivity index (χ0v) is 19.8. The first-order chi connectivity index (χ1) is 16.5. The molecular weight excluding hydrogens is 498 g/mol. The second-order valence-corrected chi connectivity index (χ2v) is 8.15. The summed E-state index contributed by atoms with van der Waals surface area (Å²) in [5.41, 5.74) is 5.04. The number of rotatable bonds is 7. The van der Waals surface area contributed by atoms with E-state index in [9.17, 15) is 14.9 Å². The minimum absolute atomic E-state index is 0.00909. The van der Waals surface area contributed by atoms with Gasteiger partial charge in [0.05, 0.1) is 28.4 Å². The highest BCUT2D eigenvalue weighted by Gasteiger charge is 2.34. The number of benzene rings is 3. The van der Waals surface area contributed by atoms with Gasteiger partial charge in [-0.2, -0.15) is 5.26 Å². The van der Waals surface area contributed by atoms with Gasteiger partial charge in [0.25, 0.3) is 11.8 Å². The van der Waals surface area contributed by atoms with E-state index in [0.717, 1.165) is 5.56 Å². The van der Waals surface area contributed by atoms with Gasteiger partial charge in [-0.25, -0.2) is 5.01 Å². The van der Waals surface area contributed by atoms with Crippen LogP contribution in [0.1, 0.15) is 23.6 Å². The van der Waals surface area contributed by atoms with Gasteiger partial charge in [-0.15, -0.1) is 0 Å². The highest BCUT2D eigenvalue weighted by atomic mass is 79.9. The minimum Gasteiger partial charge on any atom is -0.490 e. The summed E-state index contributed by atoms with van der Waals surface area (Å²) in [4.78, 5) is 25.4. The number of para-hydroxylation sites is 1. The first-order valence-electron chi connectivity index (χ1n) is 10.5. The third kappa shape index (κ3) is 4.80. The summed E-state index contributed by atoms with van der Waals surface area (Å²) in [5.74, 6) is -0.0242. The molecule has 0 aliphatic carbocycles. The largest absolute Gasteiger partial charge is 0.490 e. The third-order valence-electron chi connectivity index (χ3n) is 5.06. The molecule has 1 aliphatic rings. The summed E-state index contributed by atoms with van der Waals surface area (Å²) in [6.45, 7) is 2.41. The highest BCUT2D eigenvalue weighted by Crippen LogP contribution is 2.38. The van der Waals surface area contributed by atoms with E-state index in [0.29, 0.717) is 39.4 Å². The Hall–Kier alpha value is -4.09. The summed E-state index contributed by atoms with van der Waals surface area (Å²) in [6.07, 6.45) is 1.52. The highest BCUT2D eigenvalue weighted by molar-refractivity contribution is 9.10. The second kappa shape index (κ2) is 10.2. The second-order valence-electron chi connectivity index (χ2n) is 7.30. The van der Waals surface area contributed by atoms with E-state index in [1.54, 1.807) is 48.5 Å². The van der Waals surface area contributed by atoms with Gasteiger partial charge in [0.2, 0.25) is 0 Å².